The Kier molecular flexibility index (Phi) is 4.47. The van der Waals surface area contributed by atoms with Crippen LogP contribution in [0.4, 0.5) is 5.95 Å². The second-order valence-electron chi connectivity index (χ2n) is 4.62. The second-order valence-corrected chi connectivity index (χ2v) is 4.62. The summed E-state index contributed by atoms with van der Waals surface area (Å²) in [6, 6.07) is 6.35. The number of hydrogen-bond acceptors (Lipinski definition) is 4. The van der Waals surface area contributed by atoms with Crippen molar-refractivity contribution in [2.75, 3.05) is 18.5 Å². The normalized spacial score (nSPS) is 10.5. The third kappa shape index (κ3) is 3.51. The van der Waals surface area contributed by atoms with Crippen molar-refractivity contribution in [3.05, 3.63) is 41.7 Å². The fourth-order valence-electron chi connectivity index (χ4n) is 1.98. The van der Waals surface area contributed by atoms with Crippen molar-refractivity contribution in [1.82, 2.24) is 9.97 Å². The van der Waals surface area contributed by atoms with Gasteiger partial charge in [0.2, 0.25) is 5.95 Å². The van der Waals surface area contributed by atoms with Crippen LogP contribution in [0.25, 0.3) is 11.1 Å². The van der Waals surface area contributed by atoms with E-state index in [0.717, 1.165) is 11.1 Å². The van der Waals surface area contributed by atoms with Crippen LogP contribution in [-0.2, 0) is 0 Å². The minimum atomic E-state index is 0.174. The van der Waals surface area contributed by atoms with Crippen molar-refractivity contribution in [2.45, 2.75) is 20.3 Å². The Morgan fingerprint density at radius 2 is 1.89 bits per heavy atom. The minimum absolute atomic E-state index is 0.174. The van der Waals surface area contributed by atoms with Crippen LogP contribution in [0.15, 0.2) is 30.6 Å². The maximum atomic E-state index is 8.71. The highest BCUT2D eigenvalue weighted by atomic mass is 16.3. The highest BCUT2D eigenvalue weighted by molar-refractivity contribution is 5.66. The molecule has 0 unspecified atom stereocenters. The molecule has 0 fully saturated rings. The molecule has 1 aromatic heterocycles. The van der Waals surface area contributed by atoms with Crippen molar-refractivity contribution in [3.8, 4) is 11.1 Å². The van der Waals surface area contributed by atoms with E-state index >= 15 is 0 Å². The van der Waals surface area contributed by atoms with Crippen LogP contribution in [0.1, 0.15) is 17.5 Å². The van der Waals surface area contributed by atoms with Gasteiger partial charge in [-0.3, -0.25) is 0 Å². The van der Waals surface area contributed by atoms with Crippen molar-refractivity contribution in [3.63, 3.8) is 0 Å². The maximum absolute atomic E-state index is 8.71. The highest BCUT2D eigenvalue weighted by Gasteiger charge is 2.03. The molecule has 0 aliphatic heterocycles. The maximum Gasteiger partial charge on any atom is 0.222 e. The van der Waals surface area contributed by atoms with E-state index in [1.54, 1.807) is 0 Å². The molecule has 0 aliphatic carbocycles. The van der Waals surface area contributed by atoms with Gasteiger partial charge in [-0.05, 0) is 31.4 Å². The third-order valence-corrected chi connectivity index (χ3v) is 2.96. The molecular weight excluding hydrogens is 238 g/mol. The molecule has 2 N–H and O–H groups in total. The van der Waals surface area contributed by atoms with Gasteiger partial charge in [0.25, 0.3) is 0 Å². The van der Waals surface area contributed by atoms with Gasteiger partial charge < -0.3 is 10.4 Å². The van der Waals surface area contributed by atoms with Crippen molar-refractivity contribution < 1.29 is 5.11 Å². The summed E-state index contributed by atoms with van der Waals surface area (Å²) >= 11 is 0. The smallest absolute Gasteiger partial charge is 0.222 e. The van der Waals surface area contributed by atoms with Gasteiger partial charge in [-0.1, -0.05) is 23.8 Å². The first kappa shape index (κ1) is 13.5. The van der Waals surface area contributed by atoms with Crippen molar-refractivity contribution >= 4 is 5.95 Å². The highest BCUT2D eigenvalue weighted by Crippen LogP contribution is 2.23. The Morgan fingerprint density at radius 1 is 1.16 bits per heavy atom. The summed E-state index contributed by atoms with van der Waals surface area (Å²) in [5.41, 5.74) is 4.66. The van der Waals surface area contributed by atoms with Crippen LogP contribution in [0, 0.1) is 13.8 Å². The number of aryl methyl sites for hydroxylation is 2. The molecular formula is C15H19N3O. The molecule has 0 saturated heterocycles. The standard InChI is InChI=1S/C15H19N3O/c1-11-4-5-14(12(2)8-11)13-9-17-15(18-10-13)16-6-3-7-19/h4-5,8-10,19H,3,6-7H2,1-2H3,(H,16,17,18). The van der Waals surface area contributed by atoms with Crippen LogP contribution in [-0.4, -0.2) is 28.2 Å². The summed E-state index contributed by atoms with van der Waals surface area (Å²) in [6.07, 6.45) is 4.35. The molecule has 0 saturated carbocycles. The first-order valence-corrected chi connectivity index (χ1v) is 6.45. The Morgan fingerprint density at radius 3 is 2.53 bits per heavy atom. The first-order chi connectivity index (χ1) is 9.20. The lowest BCUT2D eigenvalue weighted by Crippen LogP contribution is -2.06. The van der Waals surface area contributed by atoms with Crippen molar-refractivity contribution in [2.24, 2.45) is 0 Å². The summed E-state index contributed by atoms with van der Waals surface area (Å²) in [5, 5.41) is 11.8. The summed E-state index contributed by atoms with van der Waals surface area (Å²) in [6.45, 7) is 5.03. The lowest BCUT2D eigenvalue weighted by Gasteiger charge is -2.08. The molecule has 0 atom stereocenters. The SMILES string of the molecule is Cc1ccc(-c2cnc(NCCCO)nc2)c(C)c1. The number of aromatic nitrogens is 2. The van der Waals surface area contributed by atoms with E-state index in [4.69, 9.17) is 5.11 Å². The Labute approximate surface area is 113 Å². The molecule has 0 aliphatic rings. The summed E-state index contributed by atoms with van der Waals surface area (Å²) < 4.78 is 0. The molecule has 0 bridgehead atoms. The van der Waals surface area contributed by atoms with Gasteiger partial charge in [0, 0.05) is 31.1 Å². The number of aliphatic hydroxyl groups is 1. The van der Waals surface area contributed by atoms with E-state index in [-0.39, 0.29) is 6.61 Å². The molecule has 4 nitrogen and oxygen atoms in total. The van der Waals surface area contributed by atoms with Crippen LogP contribution < -0.4 is 5.32 Å². The minimum Gasteiger partial charge on any atom is -0.396 e. The van der Waals surface area contributed by atoms with Gasteiger partial charge in [0.1, 0.15) is 0 Å². The summed E-state index contributed by atoms with van der Waals surface area (Å²) in [7, 11) is 0. The molecule has 100 valence electrons. The van der Waals surface area contributed by atoms with Crippen molar-refractivity contribution in [1.29, 1.82) is 0 Å². The quantitative estimate of drug-likeness (QED) is 0.808. The number of hydrogen-bond donors (Lipinski definition) is 2. The van der Waals surface area contributed by atoms with Gasteiger partial charge in [-0.2, -0.15) is 0 Å². The topological polar surface area (TPSA) is 58.0 Å². The van der Waals surface area contributed by atoms with E-state index in [9.17, 15) is 0 Å². The van der Waals surface area contributed by atoms with Gasteiger partial charge in [-0.25, -0.2) is 9.97 Å². The number of aliphatic hydroxyl groups excluding tert-OH is 1. The molecule has 4 heteroatoms. The first-order valence-electron chi connectivity index (χ1n) is 6.45. The molecule has 19 heavy (non-hydrogen) atoms. The van der Waals surface area contributed by atoms with Gasteiger partial charge >= 0.3 is 0 Å². The molecule has 1 aromatic carbocycles. The predicted octanol–water partition coefficient (Wildman–Crippen LogP) is 2.55. The summed E-state index contributed by atoms with van der Waals surface area (Å²) in [4.78, 5) is 8.57. The molecule has 1 heterocycles. The molecule has 2 aromatic rings. The fourth-order valence-corrected chi connectivity index (χ4v) is 1.98. The lowest BCUT2D eigenvalue weighted by atomic mass is 10.0. The number of benzene rings is 1. The Hall–Kier alpha value is -1.94. The number of nitrogens with zero attached hydrogens (tertiary/aromatic N) is 2. The van der Waals surface area contributed by atoms with Crippen LogP contribution in [0.2, 0.25) is 0 Å². The van der Waals surface area contributed by atoms with Gasteiger partial charge in [-0.15, -0.1) is 0 Å². The van der Waals surface area contributed by atoms with E-state index in [2.05, 4.69) is 47.3 Å². The fraction of sp³-hybridized carbons (Fsp3) is 0.333. The zero-order chi connectivity index (χ0) is 13.7. The molecule has 0 spiro atoms. The zero-order valence-corrected chi connectivity index (χ0v) is 11.3. The van der Waals surface area contributed by atoms with Crippen LogP contribution in [0.5, 0.6) is 0 Å². The van der Waals surface area contributed by atoms with Gasteiger partial charge in [0.15, 0.2) is 0 Å². The van der Waals surface area contributed by atoms with E-state index < -0.39 is 0 Å². The zero-order valence-electron chi connectivity index (χ0n) is 11.3. The average Bonchev–Trinajstić information content (AvgIpc) is 2.40. The Balaban J connectivity index is 2.13. The summed E-state index contributed by atoms with van der Waals surface area (Å²) in [5.74, 6) is 0.599. The molecule has 0 radical (unpaired) electrons. The average molecular weight is 257 g/mol. The van der Waals surface area contributed by atoms with E-state index in [0.29, 0.717) is 18.9 Å². The van der Waals surface area contributed by atoms with E-state index in [1.807, 2.05) is 12.4 Å². The van der Waals surface area contributed by atoms with E-state index in [1.165, 1.54) is 11.1 Å². The second kappa shape index (κ2) is 6.29. The third-order valence-electron chi connectivity index (χ3n) is 2.96. The van der Waals surface area contributed by atoms with Crippen LogP contribution >= 0.6 is 0 Å². The Bertz CT molecular complexity index is 538. The van der Waals surface area contributed by atoms with Crippen LogP contribution in [0.3, 0.4) is 0 Å². The monoisotopic (exact) mass is 257 g/mol. The van der Waals surface area contributed by atoms with Gasteiger partial charge in [0.05, 0.1) is 0 Å². The lowest BCUT2D eigenvalue weighted by molar-refractivity contribution is 0.292. The predicted molar refractivity (Wildman–Crippen MR) is 77.1 cm³/mol. The number of nitrogens with one attached hydrogen (secondary N) is 1. The molecule has 2 rings (SSSR count). The largest absolute Gasteiger partial charge is 0.396 e. The number of rotatable bonds is 5. The number of anilines is 1. The molecule has 0 amide bonds.